The molecule has 0 unspecified atom stereocenters. The van der Waals surface area contributed by atoms with Gasteiger partial charge in [0.05, 0.1) is 11.2 Å². The number of aryl methyl sites for hydroxylation is 1. The smallest absolute Gasteiger partial charge is 0.247 e. The van der Waals surface area contributed by atoms with Crippen molar-refractivity contribution in [2.45, 2.75) is 33.2 Å². The van der Waals surface area contributed by atoms with Crippen molar-refractivity contribution in [3.63, 3.8) is 0 Å². The highest BCUT2D eigenvalue weighted by molar-refractivity contribution is 6.34. The molecule has 2 aromatic heterocycles. The van der Waals surface area contributed by atoms with Crippen LogP contribution in [0.25, 0.3) is 0 Å². The van der Waals surface area contributed by atoms with E-state index in [0.29, 0.717) is 16.5 Å². The maximum Gasteiger partial charge on any atom is 0.247 e. The second-order valence-electron chi connectivity index (χ2n) is 4.33. The molecule has 18 heavy (non-hydrogen) atoms. The SMILES string of the molecule is CCc1ccc(C(=O)c2c(Cl)cnn2C(C)C)o1. The van der Waals surface area contributed by atoms with Crippen LogP contribution in [0.1, 0.15) is 48.8 Å². The van der Waals surface area contributed by atoms with Crippen LogP contribution in [0.2, 0.25) is 5.02 Å². The van der Waals surface area contributed by atoms with E-state index >= 15 is 0 Å². The summed E-state index contributed by atoms with van der Waals surface area (Å²) in [6, 6.07) is 3.55. The van der Waals surface area contributed by atoms with Crippen molar-refractivity contribution >= 4 is 17.4 Å². The van der Waals surface area contributed by atoms with Gasteiger partial charge in [-0.2, -0.15) is 5.10 Å². The average molecular weight is 267 g/mol. The Hall–Kier alpha value is -1.55. The third kappa shape index (κ3) is 2.20. The number of nitrogens with zero attached hydrogens (tertiary/aromatic N) is 2. The normalized spacial score (nSPS) is 11.2. The Morgan fingerprint density at radius 3 is 2.78 bits per heavy atom. The van der Waals surface area contributed by atoms with Crippen molar-refractivity contribution in [2.75, 3.05) is 0 Å². The van der Waals surface area contributed by atoms with Crippen LogP contribution < -0.4 is 0 Å². The first-order chi connectivity index (χ1) is 8.54. The lowest BCUT2D eigenvalue weighted by atomic mass is 10.2. The lowest BCUT2D eigenvalue weighted by Crippen LogP contribution is -2.13. The van der Waals surface area contributed by atoms with E-state index in [2.05, 4.69) is 5.10 Å². The number of rotatable bonds is 4. The van der Waals surface area contributed by atoms with Crippen molar-refractivity contribution in [2.24, 2.45) is 0 Å². The summed E-state index contributed by atoms with van der Waals surface area (Å²) in [5, 5.41) is 4.46. The van der Waals surface area contributed by atoms with E-state index in [4.69, 9.17) is 16.0 Å². The molecule has 0 saturated heterocycles. The monoisotopic (exact) mass is 266 g/mol. The predicted molar refractivity (Wildman–Crippen MR) is 69.1 cm³/mol. The molecule has 4 nitrogen and oxygen atoms in total. The molecule has 96 valence electrons. The quantitative estimate of drug-likeness (QED) is 0.796. The summed E-state index contributed by atoms with van der Waals surface area (Å²) in [6.07, 6.45) is 2.24. The Labute approximate surface area is 111 Å². The van der Waals surface area contributed by atoms with Gasteiger partial charge < -0.3 is 4.42 Å². The zero-order valence-corrected chi connectivity index (χ0v) is 11.4. The fourth-order valence-electron chi connectivity index (χ4n) is 1.75. The molecule has 0 N–H and O–H groups in total. The van der Waals surface area contributed by atoms with Crippen LogP contribution in [0.4, 0.5) is 0 Å². The van der Waals surface area contributed by atoms with Crippen molar-refractivity contribution in [3.05, 3.63) is 40.6 Å². The van der Waals surface area contributed by atoms with Gasteiger partial charge in [0.2, 0.25) is 5.78 Å². The van der Waals surface area contributed by atoms with E-state index in [9.17, 15) is 4.79 Å². The summed E-state index contributed by atoms with van der Waals surface area (Å²) >= 11 is 6.03. The number of halogens is 1. The van der Waals surface area contributed by atoms with E-state index in [-0.39, 0.29) is 11.8 Å². The fourth-order valence-corrected chi connectivity index (χ4v) is 1.97. The summed E-state index contributed by atoms with van der Waals surface area (Å²) in [7, 11) is 0. The highest BCUT2D eigenvalue weighted by Gasteiger charge is 2.23. The Balaban J connectivity index is 2.42. The molecule has 5 heteroatoms. The zero-order valence-electron chi connectivity index (χ0n) is 10.6. The van der Waals surface area contributed by atoms with Crippen molar-refractivity contribution in [3.8, 4) is 0 Å². The van der Waals surface area contributed by atoms with Gasteiger partial charge in [-0.15, -0.1) is 0 Å². The molecular weight excluding hydrogens is 252 g/mol. The molecular formula is C13H15ClN2O2. The maximum absolute atomic E-state index is 12.3. The summed E-state index contributed by atoms with van der Waals surface area (Å²) in [4.78, 5) is 12.3. The second kappa shape index (κ2) is 4.98. The molecule has 2 rings (SSSR count). The predicted octanol–water partition coefficient (Wildman–Crippen LogP) is 3.50. The van der Waals surface area contributed by atoms with E-state index in [1.807, 2.05) is 20.8 Å². The molecule has 2 aromatic rings. The number of hydrogen-bond acceptors (Lipinski definition) is 3. The van der Waals surface area contributed by atoms with Crippen LogP contribution in [0.5, 0.6) is 0 Å². The molecule has 0 spiro atoms. The fraction of sp³-hybridized carbons (Fsp3) is 0.385. The van der Waals surface area contributed by atoms with Crippen LogP contribution in [-0.2, 0) is 6.42 Å². The van der Waals surface area contributed by atoms with Crippen molar-refractivity contribution in [1.82, 2.24) is 9.78 Å². The van der Waals surface area contributed by atoms with Gasteiger partial charge in [-0.1, -0.05) is 18.5 Å². The van der Waals surface area contributed by atoms with Crippen LogP contribution in [-0.4, -0.2) is 15.6 Å². The summed E-state index contributed by atoms with van der Waals surface area (Å²) in [5.41, 5.74) is 0.378. The second-order valence-corrected chi connectivity index (χ2v) is 4.74. The minimum absolute atomic E-state index is 0.0667. The molecule has 0 aromatic carbocycles. The molecule has 0 atom stereocenters. The lowest BCUT2D eigenvalue weighted by molar-refractivity contribution is 0.0995. The maximum atomic E-state index is 12.3. The standard InChI is InChI=1S/C13H15ClN2O2/c1-4-9-5-6-11(18-9)13(17)12-10(14)7-15-16(12)8(2)3/h5-8H,4H2,1-3H3. The molecule has 2 heterocycles. The Kier molecular flexibility index (Phi) is 3.57. The Morgan fingerprint density at radius 2 is 2.22 bits per heavy atom. The average Bonchev–Trinajstić information content (AvgIpc) is 2.94. The number of hydrogen-bond donors (Lipinski definition) is 0. The molecule has 0 fully saturated rings. The van der Waals surface area contributed by atoms with Crippen LogP contribution in [0.3, 0.4) is 0 Å². The van der Waals surface area contributed by atoms with E-state index in [0.717, 1.165) is 12.2 Å². The molecule has 0 saturated carbocycles. The Morgan fingerprint density at radius 1 is 1.50 bits per heavy atom. The van der Waals surface area contributed by atoms with Gasteiger partial charge >= 0.3 is 0 Å². The van der Waals surface area contributed by atoms with Gasteiger partial charge in [-0.05, 0) is 26.0 Å². The number of aromatic nitrogens is 2. The molecule has 0 amide bonds. The number of carbonyl (C=O) groups excluding carboxylic acids is 1. The third-order valence-corrected chi connectivity index (χ3v) is 2.97. The van der Waals surface area contributed by atoms with Gasteiger partial charge in [0.15, 0.2) is 5.76 Å². The van der Waals surface area contributed by atoms with E-state index in [1.54, 1.807) is 16.8 Å². The van der Waals surface area contributed by atoms with Gasteiger partial charge in [-0.3, -0.25) is 9.48 Å². The van der Waals surface area contributed by atoms with Crippen LogP contribution in [0.15, 0.2) is 22.7 Å². The van der Waals surface area contributed by atoms with Gasteiger partial charge in [0, 0.05) is 12.5 Å². The number of ketones is 1. The molecule has 0 aliphatic rings. The summed E-state index contributed by atoms with van der Waals surface area (Å²) < 4.78 is 7.07. The number of carbonyl (C=O) groups is 1. The van der Waals surface area contributed by atoms with E-state index < -0.39 is 0 Å². The van der Waals surface area contributed by atoms with Crippen molar-refractivity contribution in [1.29, 1.82) is 0 Å². The molecule has 0 bridgehead atoms. The first-order valence-corrected chi connectivity index (χ1v) is 6.28. The first-order valence-electron chi connectivity index (χ1n) is 5.91. The largest absolute Gasteiger partial charge is 0.458 e. The minimum Gasteiger partial charge on any atom is -0.458 e. The third-order valence-electron chi connectivity index (χ3n) is 2.69. The summed E-state index contributed by atoms with van der Waals surface area (Å²) in [5.74, 6) is 0.854. The highest BCUT2D eigenvalue weighted by atomic mass is 35.5. The Bertz CT molecular complexity index is 569. The van der Waals surface area contributed by atoms with E-state index in [1.165, 1.54) is 6.20 Å². The summed E-state index contributed by atoms with van der Waals surface area (Å²) in [6.45, 7) is 5.86. The van der Waals surface area contributed by atoms with Gasteiger partial charge in [0.1, 0.15) is 11.5 Å². The van der Waals surface area contributed by atoms with Gasteiger partial charge in [-0.25, -0.2) is 0 Å². The first kappa shape index (κ1) is 12.9. The van der Waals surface area contributed by atoms with Crippen LogP contribution >= 0.6 is 11.6 Å². The molecule has 0 aliphatic heterocycles. The highest BCUT2D eigenvalue weighted by Crippen LogP contribution is 2.23. The van der Waals surface area contributed by atoms with Gasteiger partial charge in [0.25, 0.3) is 0 Å². The zero-order chi connectivity index (χ0) is 13.3. The molecule has 0 aliphatic carbocycles. The van der Waals surface area contributed by atoms with Crippen LogP contribution in [0, 0.1) is 0 Å². The van der Waals surface area contributed by atoms with Crippen molar-refractivity contribution < 1.29 is 9.21 Å². The number of furan rings is 1. The topological polar surface area (TPSA) is 48.0 Å². The lowest BCUT2D eigenvalue weighted by Gasteiger charge is -2.09. The molecule has 0 radical (unpaired) electrons. The minimum atomic E-state index is -0.231.